The fourth-order valence-corrected chi connectivity index (χ4v) is 4.92. The minimum Gasteiger partial charge on any atom is -0.493 e. The Hall–Kier alpha value is -5.24. The van der Waals surface area contributed by atoms with Gasteiger partial charge in [-0.05, 0) is 87.7 Å². The van der Waals surface area contributed by atoms with Gasteiger partial charge in [0.25, 0.3) is 0 Å². The number of benzene rings is 3. The second-order valence-corrected chi connectivity index (χ2v) is 12.3. The van der Waals surface area contributed by atoms with E-state index in [0.717, 1.165) is 5.56 Å². The first-order valence-corrected chi connectivity index (χ1v) is 15.6. The van der Waals surface area contributed by atoms with Crippen molar-refractivity contribution in [3.8, 4) is 28.8 Å². The molecule has 0 spiro atoms. The number of methoxy groups -OCH3 is 1. The molecule has 0 bridgehead atoms. The molecular formula is C38H41N3O7. The van der Waals surface area contributed by atoms with Gasteiger partial charge < -0.3 is 29.7 Å². The number of aromatic nitrogens is 1. The van der Waals surface area contributed by atoms with Crippen molar-refractivity contribution in [3.05, 3.63) is 113 Å². The topological polar surface area (TPSA) is 151 Å². The molecule has 1 unspecified atom stereocenters. The maximum atomic E-state index is 13.3. The number of Topliss-reactive ketones (excluding diaryl/α,β-unsaturated/α-hetero) is 1. The Morgan fingerprint density at radius 3 is 2.33 bits per heavy atom. The summed E-state index contributed by atoms with van der Waals surface area (Å²) in [6.07, 6.45) is -1.24. The predicted octanol–water partition coefficient (Wildman–Crippen LogP) is 6.42. The first kappa shape index (κ1) is 35.6. The molecular weight excluding hydrogens is 610 g/mol. The summed E-state index contributed by atoms with van der Waals surface area (Å²) in [6.45, 7) is 7.01. The lowest BCUT2D eigenvalue weighted by Crippen LogP contribution is -2.41. The lowest BCUT2D eigenvalue weighted by Gasteiger charge is -2.30. The summed E-state index contributed by atoms with van der Waals surface area (Å²) >= 11 is 0. The summed E-state index contributed by atoms with van der Waals surface area (Å²) in [7, 11) is 1.47. The third kappa shape index (κ3) is 9.41. The first-order chi connectivity index (χ1) is 22.8. The fraction of sp³-hybridized carbons (Fsp3) is 0.316. The van der Waals surface area contributed by atoms with E-state index in [4.69, 9.17) is 19.2 Å². The van der Waals surface area contributed by atoms with Crippen LogP contribution in [-0.4, -0.2) is 46.9 Å². The Balaban J connectivity index is 1.58. The van der Waals surface area contributed by atoms with Crippen molar-refractivity contribution in [2.75, 3.05) is 13.7 Å². The summed E-state index contributed by atoms with van der Waals surface area (Å²) in [5, 5.41) is 33.5. The Bertz CT molecular complexity index is 1760. The second kappa shape index (κ2) is 15.6. The van der Waals surface area contributed by atoms with E-state index in [9.17, 15) is 25.1 Å². The molecule has 2 atom stereocenters. The molecule has 250 valence electrons. The SMILES string of the molecule is COc1cc(C(=O)CCC(C)(O)c2cc(C(C)(C)NC(=O)OCc3ccccc3)cc(-c3ccc(C#N)cc3)n2)ccc1OC[C@@H](C)O. The smallest absolute Gasteiger partial charge is 0.408 e. The molecule has 10 nitrogen and oxygen atoms in total. The molecule has 0 aliphatic rings. The van der Waals surface area contributed by atoms with E-state index in [1.807, 2.05) is 50.2 Å². The number of nitriles is 1. The first-order valence-electron chi connectivity index (χ1n) is 15.6. The number of amides is 1. The number of ketones is 1. The van der Waals surface area contributed by atoms with Crippen LogP contribution in [0, 0.1) is 11.3 Å². The number of ether oxygens (including phenoxy) is 3. The monoisotopic (exact) mass is 651 g/mol. The van der Waals surface area contributed by atoms with Gasteiger partial charge in [-0.1, -0.05) is 42.5 Å². The van der Waals surface area contributed by atoms with Crippen molar-refractivity contribution in [2.24, 2.45) is 0 Å². The van der Waals surface area contributed by atoms with Gasteiger partial charge in [0.2, 0.25) is 0 Å². The van der Waals surface area contributed by atoms with E-state index in [0.29, 0.717) is 45.1 Å². The van der Waals surface area contributed by atoms with Crippen LogP contribution in [0.25, 0.3) is 11.3 Å². The number of carbonyl (C=O) groups excluding carboxylic acids is 2. The number of hydrogen-bond acceptors (Lipinski definition) is 9. The molecule has 4 rings (SSSR count). The number of aliphatic hydroxyl groups is 2. The summed E-state index contributed by atoms with van der Waals surface area (Å²) < 4.78 is 16.4. The average Bonchev–Trinajstić information content (AvgIpc) is 3.08. The second-order valence-electron chi connectivity index (χ2n) is 12.3. The zero-order chi connectivity index (χ0) is 34.9. The zero-order valence-corrected chi connectivity index (χ0v) is 27.8. The van der Waals surface area contributed by atoms with Crippen LogP contribution in [-0.2, 0) is 22.5 Å². The van der Waals surface area contributed by atoms with Crippen LogP contribution >= 0.6 is 0 Å². The maximum Gasteiger partial charge on any atom is 0.408 e. The van der Waals surface area contributed by atoms with Crippen molar-refractivity contribution < 1.29 is 34.0 Å². The molecule has 3 N–H and O–H groups in total. The van der Waals surface area contributed by atoms with Gasteiger partial charge >= 0.3 is 6.09 Å². The molecule has 1 heterocycles. The number of alkyl carbamates (subject to hydrolysis) is 1. The Morgan fingerprint density at radius 2 is 1.69 bits per heavy atom. The van der Waals surface area contributed by atoms with Gasteiger partial charge in [-0.2, -0.15) is 5.26 Å². The Kier molecular flexibility index (Phi) is 11.5. The molecule has 1 amide bonds. The minimum absolute atomic E-state index is 0.00437. The maximum absolute atomic E-state index is 13.3. The highest BCUT2D eigenvalue weighted by Crippen LogP contribution is 2.34. The van der Waals surface area contributed by atoms with Gasteiger partial charge in [0.05, 0.1) is 41.8 Å². The van der Waals surface area contributed by atoms with E-state index in [2.05, 4.69) is 11.4 Å². The number of nitrogens with zero attached hydrogens (tertiary/aromatic N) is 2. The summed E-state index contributed by atoms with van der Waals surface area (Å²) in [6, 6.07) is 26.7. The lowest BCUT2D eigenvalue weighted by atomic mass is 9.87. The van der Waals surface area contributed by atoms with Crippen LogP contribution in [0.2, 0.25) is 0 Å². The van der Waals surface area contributed by atoms with Crippen molar-refractivity contribution in [1.29, 1.82) is 5.26 Å². The van der Waals surface area contributed by atoms with Gasteiger partial charge in [0.15, 0.2) is 17.3 Å². The van der Waals surface area contributed by atoms with Crippen molar-refractivity contribution >= 4 is 11.9 Å². The third-order valence-electron chi connectivity index (χ3n) is 7.84. The van der Waals surface area contributed by atoms with Gasteiger partial charge in [-0.25, -0.2) is 9.78 Å². The van der Waals surface area contributed by atoms with Gasteiger partial charge in [-0.3, -0.25) is 4.79 Å². The van der Waals surface area contributed by atoms with Crippen LogP contribution in [0.4, 0.5) is 4.79 Å². The van der Waals surface area contributed by atoms with E-state index in [1.165, 1.54) is 7.11 Å². The molecule has 0 aliphatic carbocycles. The predicted molar refractivity (Wildman–Crippen MR) is 180 cm³/mol. The number of rotatable bonds is 14. The van der Waals surface area contributed by atoms with Gasteiger partial charge in [0, 0.05) is 17.5 Å². The van der Waals surface area contributed by atoms with E-state index < -0.39 is 23.3 Å². The molecule has 48 heavy (non-hydrogen) atoms. The molecule has 0 radical (unpaired) electrons. The minimum atomic E-state index is -1.54. The number of hydrogen-bond donors (Lipinski definition) is 3. The van der Waals surface area contributed by atoms with E-state index in [-0.39, 0.29) is 31.8 Å². The molecule has 3 aromatic carbocycles. The van der Waals surface area contributed by atoms with Crippen LogP contribution in [0.3, 0.4) is 0 Å². The van der Waals surface area contributed by atoms with E-state index >= 15 is 0 Å². The number of pyridine rings is 1. The Labute approximate surface area is 280 Å². The number of nitrogens with one attached hydrogen (secondary N) is 1. The van der Waals surface area contributed by atoms with Crippen LogP contribution in [0.5, 0.6) is 11.5 Å². The highest BCUT2D eigenvalue weighted by atomic mass is 16.5. The van der Waals surface area contributed by atoms with Gasteiger partial charge in [-0.15, -0.1) is 0 Å². The highest BCUT2D eigenvalue weighted by molar-refractivity contribution is 5.96. The molecule has 1 aromatic heterocycles. The van der Waals surface area contributed by atoms with Crippen LogP contribution in [0.1, 0.15) is 73.3 Å². The molecule has 0 saturated carbocycles. The zero-order valence-electron chi connectivity index (χ0n) is 27.8. The van der Waals surface area contributed by atoms with Crippen molar-refractivity contribution in [2.45, 2.75) is 64.4 Å². The quantitative estimate of drug-likeness (QED) is 0.131. The van der Waals surface area contributed by atoms with E-state index in [1.54, 1.807) is 62.4 Å². The summed E-state index contributed by atoms with van der Waals surface area (Å²) in [5.41, 5.74) is 1.40. The molecule has 0 fully saturated rings. The molecule has 4 aromatic rings. The molecule has 0 saturated heterocycles. The third-order valence-corrected chi connectivity index (χ3v) is 7.84. The summed E-state index contributed by atoms with van der Waals surface area (Å²) in [5.74, 6) is 0.535. The van der Waals surface area contributed by atoms with Crippen molar-refractivity contribution in [3.63, 3.8) is 0 Å². The lowest BCUT2D eigenvalue weighted by molar-refractivity contribution is 0.0396. The average molecular weight is 652 g/mol. The normalized spacial score (nSPS) is 13.0. The number of carbonyl (C=O) groups is 2. The highest BCUT2D eigenvalue weighted by Gasteiger charge is 2.31. The van der Waals surface area contributed by atoms with Gasteiger partial charge in [0.1, 0.15) is 18.8 Å². The largest absolute Gasteiger partial charge is 0.493 e. The summed E-state index contributed by atoms with van der Waals surface area (Å²) in [4.78, 5) is 30.9. The van der Waals surface area contributed by atoms with Crippen LogP contribution < -0.4 is 14.8 Å². The molecule has 0 aliphatic heterocycles. The van der Waals surface area contributed by atoms with Crippen LogP contribution in [0.15, 0.2) is 84.9 Å². The fourth-order valence-electron chi connectivity index (χ4n) is 4.92. The van der Waals surface area contributed by atoms with Crippen molar-refractivity contribution in [1.82, 2.24) is 10.3 Å². The Morgan fingerprint density at radius 1 is 0.979 bits per heavy atom. The standard InChI is InChI=1S/C38H41N3O7/c1-25(42)23-47-33-16-15-29(19-34(33)46-5)32(43)17-18-38(4,45)35-21-30(20-31(40-35)28-13-11-26(22-39)12-14-28)37(2,3)41-36(44)48-24-27-9-7-6-8-10-27/h6-16,19-21,25,42,45H,17-18,23-24H2,1-5H3,(H,41,44)/t25-,38?/m1/s1. The molecule has 10 heteroatoms. The number of aliphatic hydroxyl groups excluding tert-OH is 1.